The van der Waals surface area contributed by atoms with Crippen molar-refractivity contribution in [1.82, 2.24) is 0 Å². The quantitative estimate of drug-likeness (QED) is 0.0760. The van der Waals surface area contributed by atoms with Gasteiger partial charge in [0.2, 0.25) is 0 Å². The molecule has 8 heteroatoms. The Morgan fingerprint density at radius 2 is 1.15 bits per heavy atom. The van der Waals surface area contributed by atoms with Gasteiger partial charge in [0.25, 0.3) is 0 Å². The third-order valence-corrected chi connectivity index (χ3v) is 7.60. The normalized spacial score (nSPS) is 14.0. The zero-order chi connectivity index (χ0) is 24.7. The minimum Gasteiger partial charge on any atom is -0.381 e. The van der Waals surface area contributed by atoms with Crippen molar-refractivity contribution >= 4 is 19.6 Å². The summed E-state index contributed by atoms with van der Waals surface area (Å²) in [5.74, 6) is 2.02. The average molecular weight is 513 g/mol. The van der Waals surface area contributed by atoms with Crippen molar-refractivity contribution < 1.29 is 27.7 Å². The highest BCUT2D eigenvalue weighted by atomic mass is 32.2. The molecule has 0 aliphatic rings. The maximum Gasteiger partial charge on any atom is 0.472 e. The van der Waals surface area contributed by atoms with Gasteiger partial charge in [0, 0.05) is 13.2 Å². The van der Waals surface area contributed by atoms with Crippen LogP contribution in [0.15, 0.2) is 0 Å². The van der Waals surface area contributed by atoms with Crippen LogP contribution in [-0.2, 0) is 18.3 Å². The summed E-state index contributed by atoms with van der Waals surface area (Å²) in [5, 5.41) is 0. The lowest BCUT2D eigenvalue weighted by atomic mass is 10.1. The van der Waals surface area contributed by atoms with Crippen LogP contribution in [-0.4, -0.2) is 75.0 Å². The van der Waals surface area contributed by atoms with Crippen molar-refractivity contribution in [3.63, 3.8) is 0 Å². The van der Waals surface area contributed by atoms with Crippen LogP contribution >= 0.6 is 19.6 Å². The predicted molar refractivity (Wildman–Crippen MR) is 143 cm³/mol. The van der Waals surface area contributed by atoms with Crippen LogP contribution in [0.5, 0.6) is 0 Å². The lowest BCUT2D eigenvalue weighted by Crippen LogP contribution is -2.37. The van der Waals surface area contributed by atoms with Gasteiger partial charge in [-0.2, -0.15) is 11.8 Å². The van der Waals surface area contributed by atoms with Gasteiger partial charge < -0.3 is 14.1 Å². The van der Waals surface area contributed by atoms with Crippen molar-refractivity contribution in [2.75, 3.05) is 65.6 Å². The number of thioether (sulfide) groups is 1. The number of hydrogen-bond acceptors (Lipinski definition) is 5. The van der Waals surface area contributed by atoms with E-state index in [0.717, 1.165) is 44.0 Å². The zero-order valence-electron chi connectivity index (χ0n) is 22.2. The lowest BCUT2D eigenvalue weighted by molar-refractivity contribution is -0.870. The summed E-state index contributed by atoms with van der Waals surface area (Å²) in [6.45, 7) is 5.17. The second-order valence-electron chi connectivity index (χ2n) is 9.97. The summed E-state index contributed by atoms with van der Waals surface area (Å²) < 4.78 is 28.2. The van der Waals surface area contributed by atoms with E-state index in [4.69, 9.17) is 13.8 Å². The Kier molecular flexibility index (Phi) is 23.1. The number of phosphoric ester groups is 1. The SMILES string of the molecule is CCCCCCCCCCCCCOCCCCSCCCOP(=O)(O)OCC[N+](C)(C)C. The van der Waals surface area contributed by atoms with Crippen molar-refractivity contribution in [2.24, 2.45) is 0 Å². The predicted octanol–water partition coefficient (Wildman–Crippen LogP) is 7.06. The van der Waals surface area contributed by atoms with E-state index in [-0.39, 0.29) is 13.2 Å². The third-order valence-electron chi connectivity index (χ3n) is 5.42. The Labute approximate surface area is 209 Å². The highest BCUT2D eigenvalue weighted by Gasteiger charge is 2.21. The van der Waals surface area contributed by atoms with Gasteiger partial charge in [0.1, 0.15) is 13.2 Å². The van der Waals surface area contributed by atoms with Gasteiger partial charge in [0.05, 0.1) is 27.7 Å². The largest absolute Gasteiger partial charge is 0.472 e. The Morgan fingerprint density at radius 1 is 0.667 bits per heavy atom. The maximum absolute atomic E-state index is 11.8. The molecule has 0 heterocycles. The molecule has 0 aliphatic heterocycles. The van der Waals surface area contributed by atoms with Crippen molar-refractivity contribution in [3.05, 3.63) is 0 Å². The second-order valence-corrected chi connectivity index (χ2v) is 12.6. The van der Waals surface area contributed by atoms with Crippen LogP contribution in [0.2, 0.25) is 0 Å². The first-order valence-electron chi connectivity index (χ1n) is 13.3. The molecule has 200 valence electrons. The van der Waals surface area contributed by atoms with E-state index in [1.165, 1.54) is 70.6 Å². The van der Waals surface area contributed by atoms with Crippen LogP contribution in [0.4, 0.5) is 0 Å². The smallest absolute Gasteiger partial charge is 0.381 e. The van der Waals surface area contributed by atoms with E-state index >= 15 is 0 Å². The number of hydrogen-bond donors (Lipinski definition) is 1. The number of unbranched alkanes of at least 4 members (excludes halogenated alkanes) is 11. The van der Waals surface area contributed by atoms with Crippen molar-refractivity contribution in [1.29, 1.82) is 0 Å². The summed E-state index contributed by atoms with van der Waals surface area (Å²) in [6, 6.07) is 0. The topological polar surface area (TPSA) is 65.0 Å². The van der Waals surface area contributed by atoms with Gasteiger partial charge >= 0.3 is 7.82 Å². The van der Waals surface area contributed by atoms with Gasteiger partial charge in [-0.3, -0.25) is 9.05 Å². The molecule has 1 unspecified atom stereocenters. The molecule has 0 amide bonds. The average Bonchev–Trinajstić information content (AvgIpc) is 2.73. The first kappa shape index (κ1) is 33.4. The standard InChI is InChI=1S/C25H54NO5PS/c1-5-6-7-8-9-10-11-12-13-14-15-20-29-21-16-17-24-33-25-18-22-30-32(27,28)31-23-19-26(2,3)4/h5-25H2,1-4H3/p+1. The number of quaternary nitrogens is 1. The lowest BCUT2D eigenvalue weighted by Gasteiger charge is -2.24. The number of rotatable bonds is 26. The molecule has 0 rings (SSSR count). The monoisotopic (exact) mass is 512 g/mol. The Morgan fingerprint density at radius 3 is 1.73 bits per heavy atom. The molecule has 0 radical (unpaired) electrons. The fraction of sp³-hybridized carbons (Fsp3) is 1.00. The molecule has 0 fully saturated rings. The first-order chi connectivity index (χ1) is 15.8. The summed E-state index contributed by atoms with van der Waals surface area (Å²) in [5.41, 5.74) is 0. The molecule has 0 bridgehead atoms. The molecule has 1 atom stereocenters. The molecular formula is C25H55NO5PS+. The number of phosphoric acid groups is 1. The van der Waals surface area contributed by atoms with E-state index in [9.17, 15) is 9.46 Å². The van der Waals surface area contributed by atoms with E-state index in [1.807, 2.05) is 32.9 Å². The van der Waals surface area contributed by atoms with Gasteiger partial charge in [0.15, 0.2) is 0 Å². The molecule has 6 nitrogen and oxygen atoms in total. The van der Waals surface area contributed by atoms with Crippen LogP contribution in [0, 0.1) is 0 Å². The Hall–Kier alpha value is 0.380. The highest BCUT2D eigenvalue weighted by Crippen LogP contribution is 2.43. The highest BCUT2D eigenvalue weighted by molar-refractivity contribution is 7.99. The first-order valence-corrected chi connectivity index (χ1v) is 16.0. The maximum atomic E-state index is 11.8. The fourth-order valence-electron chi connectivity index (χ4n) is 3.29. The second kappa shape index (κ2) is 22.8. The molecule has 0 saturated heterocycles. The van der Waals surface area contributed by atoms with Crippen LogP contribution in [0.25, 0.3) is 0 Å². The van der Waals surface area contributed by atoms with E-state index in [1.54, 1.807) is 0 Å². The summed E-state index contributed by atoms with van der Waals surface area (Å²) >= 11 is 1.86. The number of nitrogens with zero attached hydrogens (tertiary/aromatic N) is 1. The Bertz CT molecular complexity index is 463. The molecule has 0 aromatic rings. The zero-order valence-corrected chi connectivity index (χ0v) is 23.9. The van der Waals surface area contributed by atoms with Crippen LogP contribution in [0.1, 0.15) is 96.8 Å². The van der Waals surface area contributed by atoms with Crippen LogP contribution < -0.4 is 0 Å². The van der Waals surface area contributed by atoms with Gasteiger partial charge in [-0.15, -0.1) is 0 Å². The van der Waals surface area contributed by atoms with Crippen molar-refractivity contribution in [2.45, 2.75) is 96.8 Å². The van der Waals surface area contributed by atoms with E-state index < -0.39 is 7.82 Å². The minimum atomic E-state index is -3.91. The molecule has 33 heavy (non-hydrogen) atoms. The molecule has 1 N–H and O–H groups in total. The van der Waals surface area contributed by atoms with E-state index in [2.05, 4.69) is 6.92 Å². The van der Waals surface area contributed by atoms with Gasteiger partial charge in [-0.1, -0.05) is 71.1 Å². The minimum absolute atomic E-state index is 0.216. The fourth-order valence-corrected chi connectivity index (χ4v) is 4.97. The number of ether oxygens (including phenoxy) is 1. The number of likely N-dealkylation sites (N-methyl/N-ethyl adjacent to an activating group) is 1. The molecule has 0 saturated carbocycles. The molecule has 0 aliphatic carbocycles. The van der Waals surface area contributed by atoms with Gasteiger partial charge in [-0.05, 0) is 37.2 Å². The molecular weight excluding hydrogens is 457 g/mol. The molecule has 0 aromatic heterocycles. The Balaban J connectivity index is 3.23. The van der Waals surface area contributed by atoms with Crippen LogP contribution in [0.3, 0.4) is 0 Å². The summed E-state index contributed by atoms with van der Waals surface area (Å²) in [6.07, 6.45) is 18.1. The van der Waals surface area contributed by atoms with E-state index in [0.29, 0.717) is 11.0 Å². The molecule has 0 aromatic carbocycles. The third kappa shape index (κ3) is 28.5. The molecule has 0 spiro atoms. The summed E-state index contributed by atoms with van der Waals surface area (Å²) in [7, 11) is 2.12. The van der Waals surface area contributed by atoms with Gasteiger partial charge in [-0.25, -0.2) is 4.57 Å². The summed E-state index contributed by atoms with van der Waals surface area (Å²) in [4.78, 5) is 9.65. The van der Waals surface area contributed by atoms with Crippen molar-refractivity contribution in [3.8, 4) is 0 Å².